The maximum Gasteiger partial charge on any atom is 0.315 e. The first kappa shape index (κ1) is 13.9. The van der Waals surface area contributed by atoms with Crippen molar-refractivity contribution in [1.29, 1.82) is 0 Å². The maximum absolute atomic E-state index is 12.0. The summed E-state index contributed by atoms with van der Waals surface area (Å²) in [5.41, 5.74) is 4.78. The zero-order valence-corrected chi connectivity index (χ0v) is 12.6. The number of aromatic nitrogens is 1. The standard InChI is InChI=1S/C15H17N3O2S/c1-10-3-2-4-12-13(5-6-20-14(10)12)18-15(19)16-7-11-8-21-9-17-11/h2-4,8-9,13H,5-7H2,1H3,(H2,16,18,19)/t13-/m0/s1. The average Bonchev–Trinajstić information content (AvgIpc) is 3.00. The second kappa shape index (κ2) is 6.13. The van der Waals surface area contributed by atoms with Crippen molar-refractivity contribution in [2.24, 2.45) is 0 Å². The Kier molecular flexibility index (Phi) is 4.06. The highest BCUT2D eigenvalue weighted by atomic mass is 32.1. The Morgan fingerprint density at radius 1 is 1.52 bits per heavy atom. The molecular formula is C15H17N3O2S. The second-order valence-electron chi connectivity index (χ2n) is 4.99. The first-order valence-electron chi connectivity index (χ1n) is 6.88. The highest BCUT2D eigenvalue weighted by Crippen LogP contribution is 2.34. The van der Waals surface area contributed by atoms with Crippen LogP contribution in [-0.2, 0) is 6.54 Å². The van der Waals surface area contributed by atoms with Gasteiger partial charge in [0.2, 0.25) is 0 Å². The molecule has 0 fully saturated rings. The third-order valence-electron chi connectivity index (χ3n) is 3.49. The van der Waals surface area contributed by atoms with Gasteiger partial charge in [0.05, 0.1) is 30.4 Å². The molecule has 1 aliphatic heterocycles. The minimum Gasteiger partial charge on any atom is -0.493 e. The first-order chi connectivity index (χ1) is 10.2. The SMILES string of the molecule is Cc1cccc2c1OCC[C@@H]2NC(=O)NCc1cscn1. The molecule has 2 amide bonds. The number of nitrogens with zero attached hydrogens (tertiary/aromatic N) is 1. The van der Waals surface area contributed by atoms with Gasteiger partial charge in [-0.3, -0.25) is 0 Å². The van der Waals surface area contributed by atoms with Crippen LogP contribution in [0.4, 0.5) is 4.79 Å². The van der Waals surface area contributed by atoms with Crippen molar-refractivity contribution >= 4 is 17.4 Å². The van der Waals surface area contributed by atoms with Crippen LogP contribution in [0.1, 0.15) is 29.3 Å². The zero-order valence-electron chi connectivity index (χ0n) is 11.8. The number of carbonyl (C=O) groups excluding carboxylic acids is 1. The van der Waals surface area contributed by atoms with E-state index in [4.69, 9.17) is 4.74 Å². The predicted molar refractivity (Wildman–Crippen MR) is 81.5 cm³/mol. The van der Waals surface area contributed by atoms with Crippen LogP contribution in [0, 0.1) is 6.92 Å². The highest BCUT2D eigenvalue weighted by Gasteiger charge is 2.23. The summed E-state index contributed by atoms with van der Waals surface area (Å²) in [6.07, 6.45) is 0.778. The number of para-hydroxylation sites is 1. The van der Waals surface area contributed by atoms with E-state index in [0.717, 1.165) is 29.0 Å². The molecule has 0 saturated heterocycles. The number of fused-ring (bicyclic) bond motifs is 1. The maximum atomic E-state index is 12.0. The number of hydrogen-bond donors (Lipinski definition) is 2. The van der Waals surface area contributed by atoms with Gasteiger partial charge in [0.15, 0.2) is 0 Å². The van der Waals surface area contributed by atoms with E-state index in [0.29, 0.717) is 13.2 Å². The minimum absolute atomic E-state index is 0.0101. The van der Waals surface area contributed by atoms with Crippen molar-refractivity contribution in [3.05, 3.63) is 45.9 Å². The Hall–Kier alpha value is -2.08. The molecule has 1 aromatic heterocycles. The van der Waals surface area contributed by atoms with Gasteiger partial charge in [-0.1, -0.05) is 18.2 Å². The van der Waals surface area contributed by atoms with Crippen LogP contribution in [0.2, 0.25) is 0 Å². The van der Waals surface area contributed by atoms with Gasteiger partial charge in [-0.2, -0.15) is 0 Å². The van der Waals surface area contributed by atoms with Gasteiger partial charge in [0.25, 0.3) is 0 Å². The Morgan fingerprint density at radius 3 is 3.24 bits per heavy atom. The number of aryl methyl sites for hydroxylation is 1. The van der Waals surface area contributed by atoms with E-state index >= 15 is 0 Å². The van der Waals surface area contributed by atoms with Crippen molar-refractivity contribution in [3.63, 3.8) is 0 Å². The van der Waals surface area contributed by atoms with Gasteiger partial charge in [-0.25, -0.2) is 9.78 Å². The van der Waals surface area contributed by atoms with E-state index in [9.17, 15) is 4.79 Å². The number of amides is 2. The molecule has 0 aliphatic carbocycles. The third kappa shape index (κ3) is 3.16. The molecule has 3 rings (SSSR count). The summed E-state index contributed by atoms with van der Waals surface area (Å²) >= 11 is 1.52. The topological polar surface area (TPSA) is 63.2 Å². The van der Waals surface area contributed by atoms with Crippen molar-refractivity contribution in [2.75, 3.05) is 6.61 Å². The highest BCUT2D eigenvalue weighted by molar-refractivity contribution is 7.07. The van der Waals surface area contributed by atoms with Crippen LogP contribution in [0.5, 0.6) is 5.75 Å². The van der Waals surface area contributed by atoms with Gasteiger partial charge in [-0.15, -0.1) is 11.3 Å². The summed E-state index contributed by atoms with van der Waals surface area (Å²) in [5.74, 6) is 0.897. The average molecular weight is 303 g/mol. The molecule has 0 unspecified atom stereocenters. The van der Waals surface area contributed by atoms with Crippen LogP contribution < -0.4 is 15.4 Å². The molecule has 2 aromatic rings. The van der Waals surface area contributed by atoms with Gasteiger partial charge in [-0.05, 0) is 12.5 Å². The van der Waals surface area contributed by atoms with Crippen molar-refractivity contribution in [2.45, 2.75) is 25.9 Å². The number of carbonyl (C=O) groups is 1. The number of nitrogens with one attached hydrogen (secondary N) is 2. The molecule has 0 saturated carbocycles. The van der Waals surface area contributed by atoms with Crippen LogP contribution in [0.3, 0.4) is 0 Å². The lowest BCUT2D eigenvalue weighted by Gasteiger charge is -2.27. The molecule has 1 aliphatic rings. The predicted octanol–water partition coefficient (Wildman–Crippen LogP) is 2.77. The van der Waals surface area contributed by atoms with E-state index in [1.165, 1.54) is 11.3 Å². The summed E-state index contributed by atoms with van der Waals surface area (Å²) in [7, 11) is 0. The smallest absolute Gasteiger partial charge is 0.315 e. The summed E-state index contributed by atoms with van der Waals surface area (Å²) in [6.45, 7) is 3.08. The van der Waals surface area contributed by atoms with E-state index in [2.05, 4.69) is 15.6 Å². The lowest BCUT2D eigenvalue weighted by Crippen LogP contribution is -2.39. The molecular weight excluding hydrogens is 286 g/mol. The van der Waals surface area contributed by atoms with E-state index in [1.807, 2.05) is 30.5 Å². The molecule has 1 atom stereocenters. The summed E-state index contributed by atoms with van der Waals surface area (Å²) < 4.78 is 5.70. The van der Waals surface area contributed by atoms with E-state index in [1.54, 1.807) is 5.51 Å². The fourth-order valence-electron chi connectivity index (χ4n) is 2.44. The fourth-order valence-corrected chi connectivity index (χ4v) is 2.99. The summed E-state index contributed by atoms with van der Waals surface area (Å²) in [5, 5.41) is 7.77. The molecule has 2 N–H and O–H groups in total. The van der Waals surface area contributed by atoms with Crippen LogP contribution in [0.15, 0.2) is 29.1 Å². The Bertz CT molecular complexity index is 628. The minimum atomic E-state index is -0.178. The fraction of sp³-hybridized carbons (Fsp3) is 0.333. The summed E-state index contributed by atoms with van der Waals surface area (Å²) in [4.78, 5) is 16.2. The molecule has 6 heteroatoms. The van der Waals surface area contributed by atoms with Crippen molar-refractivity contribution in [1.82, 2.24) is 15.6 Å². The van der Waals surface area contributed by atoms with Crippen molar-refractivity contribution < 1.29 is 9.53 Å². The number of benzene rings is 1. The Morgan fingerprint density at radius 2 is 2.43 bits per heavy atom. The molecule has 1 aromatic carbocycles. The number of urea groups is 1. The molecule has 0 bridgehead atoms. The second-order valence-corrected chi connectivity index (χ2v) is 5.71. The van der Waals surface area contributed by atoms with Gasteiger partial charge < -0.3 is 15.4 Å². The number of ether oxygens (including phenoxy) is 1. The van der Waals surface area contributed by atoms with E-state index < -0.39 is 0 Å². The van der Waals surface area contributed by atoms with Crippen LogP contribution in [-0.4, -0.2) is 17.6 Å². The molecule has 0 radical (unpaired) electrons. The number of rotatable bonds is 3. The molecule has 0 spiro atoms. The number of hydrogen-bond acceptors (Lipinski definition) is 4. The summed E-state index contributed by atoms with van der Waals surface area (Å²) in [6, 6.07) is 5.83. The van der Waals surface area contributed by atoms with Crippen molar-refractivity contribution in [3.8, 4) is 5.75 Å². The molecule has 110 valence electrons. The Labute approximate surface area is 127 Å². The largest absolute Gasteiger partial charge is 0.493 e. The lowest BCUT2D eigenvalue weighted by molar-refractivity contribution is 0.222. The van der Waals surface area contributed by atoms with Gasteiger partial charge in [0.1, 0.15) is 5.75 Å². The molecule has 5 nitrogen and oxygen atoms in total. The lowest BCUT2D eigenvalue weighted by atomic mass is 9.98. The number of thiazole rings is 1. The third-order valence-corrected chi connectivity index (χ3v) is 4.12. The van der Waals surface area contributed by atoms with Crippen LogP contribution >= 0.6 is 11.3 Å². The quantitative estimate of drug-likeness (QED) is 0.916. The normalized spacial score (nSPS) is 16.7. The van der Waals surface area contributed by atoms with E-state index in [-0.39, 0.29) is 12.1 Å². The first-order valence-corrected chi connectivity index (χ1v) is 7.82. The monoisotopic (exact) mass is 303 g/mol. The molecule has 21 heavy (non-hydrogen) atoms. The zero-order chi connectivity index (χ0) is 14.7. The van der Waals surface area contributed by atoms with Gasteiger partial charge >= 0.3 is 6.03 Å². The van der Waals surface area contributed by atoms with Gasteiger partial charge in [0, 0.05) is 17.4 Å². The Balaban J connectivity index is 1.63. The van der Waals surface area contributed by atoms with Crippen LogP contribution in [0.25, 0.3) is 0 Å². The molecule has 2 heterocycles.